The minimum atomic E-state index is -4.44. The third-order valence-corrected chi connectivity index (χ3v) is 6.52. The molecule has 0 atom stereocenters. The molecule has 0 saturated heterocycles. The molecule has 5 rings (SSSR count). The predicted molar refractivity (Wildman–Crippen MR) is 129 cm³/mol. The molecule has 0 spiro atoms. The monoisotopic (exact) mass is 495 g/mol. The van der Waals surface area contributed by atoms with Crippen LogP contribution in [-0.4, -0.2) is 14.6 Å². The normalized spacial score (nSPS) is 13.1. The molecule has 3 heterocycles. The second-order valence-electron chi connectivity index (χ2n) is 9.15. The van der Waals surface area contributed by atoms with Crippen molar-refractivity contribution in [3.05, 3.63) is 92.4 Å². The summed E-state index contributed by atoms with van der Waals surface area (Å²) in [5.74, 6) is 1.08. The molecule has 35 heavy (non-hydrogen) atoms. The van der Waals surface area contributed by atoms with Crippen molar-refractivity contribution >= 4 is 22.4 Å². The van der Waals surface area contributed by atoms with E-state index in [-0.39, 0.29) is 16.7 Å². The van der Waals surface area contributed by atoms with Gasteiger partial charge < -0.3 is 4.42 Å². The first kappa shape index (κ1) is 23.0. The zero-order valence-corrected chi connectivity index (χ0v) is 19.9. The highest BCUT2D eigenvalue weighted by Crippen LogP contribution is 2.32. The van der Waals surface area contributed by atoms with E-state index in [1.54, 1.807) is 12.1 Å². The lowest BCUT2D eigenvalue weighted by atomic mass is 9.87. The zero-order chi connectivity index (χ0) is 25.0. The van der Waals surface area contributed by atoms with E-state index in [2.05, 4.69) is 30.9 Å². The molecule has 5 nitrogen and oxygen atoms in total. The Bertz CT molecular complexity index is 1640. The Labute approximate surface area is 202 Å². The van der Waals surface area contributed by atoms with Gasteiger partial charge in [-0.25, -0.2) is 0 Å². The van der Waals surface area contributed by atoms with Crippen LogP contribution in [0.25, 0.3) is 33.7 Å². The van der Waals surface area contributed by atoms with E-state index in [4.69, 9.17) is 4.42 Å². The summed E-state index contributed by atoms with van der Waals surface area (Å²) >= 11 is 1.17. The Morgan fingerprint density at radius 1 is 0.943 bits per heavy atom. The molecule has 5 aromatic rings. The smallest absolute Gasteiger partial charge is 0.416 e. The first-order chi connectivity index (χ1) is 16.5. The van der Waals surface area contributed by atoms with Gasteiger partial charge in [0.05, 0.1) is 5.56 Å². The minimum absolute atomic E-state index is 0.0281. The quantitative estimate of drug-likeness (QED) is 0.311. The number of hydrogen-bond donors (Lipinski definition) is 0. The average Bonchev–Trinajstić information content (AvgIpc) is 3.50. The fraction of sp³-hybridized carbons (Fsp3) is 0.192. The second-order valence-corrected chi connectivity index (χ2v) is 10.2. The van der Waals surface area contributed by atoms with Gasteiger partial charge in [-0.15, -0.1) is 5.10 Å². The molecule has 0 radical (unpaired) electrons. The molecule has 0 N–H and O–H groups in total. The number of thiazole rings is 1. The van der Waals surface area contributed by atoms with Gasteiger partial charge in [0.2, 0.25) is 4.96 Å². The van der Waals surface area contributed by atoms with E-state index in [0.717, 1.165) is 17.7 Å². The summed E-state index contributed by atoms with van der Waals surface area (Å²) in [6.45, 7) is 6.41. The van der Waals surface area contributed by atoms with Crippen molar-refractivity contribution in [1.82, 2.24) is 14.6 Å². The molecule has 3 aromatic heterocycles. The molecule has 0 saturated carbocycles. The van der Waals surface area contributed by atoms with Gasteiger partial charge in [0, 0.05) is 17.2 Å². The molecule has 0 aliphatic carbocycles. The first-order valence-corrected chi connectivity index (χ1v) is 11.6. The van der Waals surface area contributed by atoms with Gasteiger partial charge in [-0.05, 0) is 35.2 Å². The SMILES string of the molecule is CC(C)(C)c1ccc(-c2nc3s/c(=C\c4ccc(-c5cccc(C(F)(F)F)c5)o4)c(=O)n3n2)cc1. The molecule has 0 aliphatic rings. The third kappa shape index (κ3) is 4.51. The van der Waals surface area contributed by atoms with Crippen LogP contribution in [0.3, 0.4) is 0 Å². The predicted octanol–water partition coefficient (Wildman–Crippen LogP) is 5.94. The van der Waals surface area contributed by atoms with Crippen LogP contribution in [0.1, 0.15) is 37.7 Å². The van der Waals surface area contributed by atoms with Crippen LogP contribution < -0.4 is 10.1 Å². The van der Waals surface area contributed by atoms with Crippen molar-refractivity contribution in [2.45, 2.75) is 32.4 Å². The third-order valence-electron chi connectivity index (χ3n) is 5.57. The maximum absolute atomic E-state index is 13.0. The Morgan fingerprint density at radius 2 is 1.69 bits per heavy atom. The number of aromatic nitrogens is 3. The molecular weight excluding hydrogens is 475 g/mol. The van der Waals surface area contributed by atoms with Gasteiger partial charge in [-0.3, -0.25) is 4.79 Å². The summed E-state index contributed by atoms with van der Waals surface area (Å²) in [5, 5.41) is 4.37. The molecule has 9 heteroatoms. The van der Waals surface area contributed by atoms with E-state index >= 15 is 0 Å². The summed E-state index contributed by atoms with van der Waals surface area (Å²) in [5.41, 5.74) is 1.23. The van der Waals surface area contributed by atoms with Crippen LogP contribution in [0.5, 0.6) is 0 Å². The van der Waals surface area contributed by atoms with E-state index in [9.17, 15) is 18.0 Å². The van der Waals surface area contributed by atoms with Crippen LogP contribution in [0.4, 0.5) is 13.2 Å². The summed E-state index contributed by atoms with van der Waals surface area (Å²) in [4.78, 5) is 17.8. The van der Waals surface area contributed by atoms with Crippen molar-refractivity contribution in [2.75, 3.05) is 0 Å². The molecule has 0 aliphatic heterocycles. The molecule has 0 unspecified atom stereocenters. The zero-order valence-electron chi connectivity index (χ0n) is 19.1. The Morgan fingerprint density at radius 3 is 2.34 bits per heavy atom. The van der Waals surface area contributed by atoms with Crippen molar-refractivity contribution in [3.63, 3.8) is 0 Å². The molecule has 178 valence electrons. The van der Waals surface area contributed by atoms with Crippen molar-refractivity contribution in [2.24, 2.45) is 0 Å². The average molecular weight is 496 g/mol. The van der Waals surface area contributed by atoms with Gasteiger partial charge in [0.25, 0.3) is 5.56 Å². The highest BCUT2D eigenvalue weighted by Gasteiger charge is 2.30. The largest absolute Gasteiger partial charge is 0.457 e. The summed E-state index contributed by atoms with van der Waals surface area (Å²) in [6.07, 6.45) is -2.90. The highest BCUT2D eigenvalue weighted by molar-refractivity contribution is 7.15. The fourth-order valence-electron chi connectivity index (χ4n) is 3.64. The van der Waals surface area contributed by atoms with Gasteiger partial charge in [0.15, 0.2) is 5.82 Å². The molecule has 0 fully saturated rings. The minimum Gasteiger partial charge on any atom is -0.457 e. The number of nitrogens with zero attached hydrogens (tertiary/aromatic N) is 3. The molecule has 0 amide bonds. The highest BCUT2D eigenvalue weighted by atomic mass is 32.1. The molecule has 2 aromatic carbocycles. The van der Waals surface area contributed by atoms with Gasteiger partial charge >= 0.3 is 6.18 Å². The summed E-state index contributed by atoms with van der Waals surface area (Å²) < 4.78 is 46.3. The van der Waals surface area contributed by atoms with Gasteiger partial charge in [-0.2, -0.15) is 22.7 Å². The van der Waals surface area contributed by atoms with Crippen LogP contribution in [0, 0.1) is 0 Å². The maximum atomic E-state index is 13.0. The molecular formula is C26H20F3N3O2S. The number of fused-ring (bicyclic) bond motifs is 1. The topological polar surface area (TPSA) is 60.4 Å². The standard InChI is InChI=1S/C26H20F3N3O2S/c1-25(2,3)17-9-7-15(8-10-17)22-30-24-32(31-22)23(33)21(35-24)14-19-11-12-20(34-19)16-5-4-6-18(13-16)26(27,28)29/h4-14H,1-3H3/b21-14-. The van der Waals surface area contributed by atoms with Crippen molar-refractivity contribution < 1.29 is 17.6 Å². The summed E-state index contributed by atoms with van der Waals surface area (Å²) in [7, 11) is 0. The number of benzene rings is 2. The maximum Gasteiger partial charge on any atom is 0.416 e. The number of furan rings is 1. The van der Waals surface area contributed by atoms with Gasteiger partial charge in [-0.1, -0.05) is 68.5 Å². The molecule has 0 bridgehead atoms. The number of halogens is 3. The first-order valence-electron chi connectivity index (χ1n) is 10.8. The van der Waals surface area contributed by atoms with Gasteiger partial charge in [0.1, 0.15) is 16.1 Å². The lowest BCUT2D eigenvalue weighted by Gasteiger charge is -2.18. The van der Waals surface area contributed by atoms with E-state index in [1.807, 2.05) is 24.3 Å². The van der Waals surface area contributed by atoms with E-state index in [1.165, 1.54) is 39.6 Å². The van der Waals surface area contributed by atoms with Crippen molar-refractivity contribution in [1.29, 1.82) is 0 Å². The Kier molecular flexibility index (Phi) is 5.40. The Hall–Kier alpha value is -3.72. The number of rotatable bonds is 3. The van der Waals surface area contributed by atoms with Crippen molar-refractivity contribution in [3.8, 4) is 22.7 Å². The Balaban J connectivity index is 1.45. The van der Waals surface area contributed by atoms with Crippen LogP contribution in [0.15, 0.2) is 69.9 Å². The fourth-order valence-corrected chi connectivity index (χ4v) is 4.53. The number of alkyl halides is 3. The van der Waals surface area contributed by atoms with Crippen LogP contribution in [-0.2, 0) is 11.6 Å². The van der Waals surface area contributed by atoms with E-state index < -0.39 is 11.7 Å². The van der Waals surface area contributed by atoms with Crippen LogP contribution >= 0.6 is 11.3 Å². The number of hydrogen-bond acceptors (Lipinski definition) is 5. The van der Waals surface area contributed by atoms with Crippen LogP contribution in [0.2, 0.25) is 0 Å². The lowest BCUT2D eigenvalue weighted by Crippen LogP contribution is -2.23. The lowest BCUT2D eigenvalue weighted by molar-refractivity contribution is -0.137. The second kappa shape index (κ2) is 8.20. The van der Waals surface area contributed by atoms with E-state index in [0.29, 0.717) is 26.6 Å². The summed E-state index contributed by atoms with van der Waals surface area (Å²) in [6, 6.07) is 16.0.